The Balaban J connectivity index is 2.88. The Morgan fingerprint density at radius 2 is 1.29 bits per heavy atom. The molecule has 126 valence electrons. The second-order valence-corrected chi connectivity index (χ2v) is 15.2. The van der Waals surface area contributed by atoms with E-state index in [1.54, 1.807) is 0 Å². The van der Waals surface area contributed by atoms with Crippen LogP contribution in [0.25, 0.3) is 0 Å². The third-order valence-corrected chi connectivity index (χ3v) is 10.2. The summed E-state index contributed by atoms with van der Waals surface area (Å²) in [4.78, 5) is 0. The monoisotopic (exact) mass is 369 g/mol. The highest BCUT2D eigenvalue weighted by Crippen LogP contribution is 2.39. The summed E-state index contributed by atoms with van der Waals surface area (Å²) in [6.07, 6.45) is 0. The van der Waals surface area contributed by atoms with Gasteiger partial charge in [-0.15, -0.1) is 0 Å². The third kappa shape index (κ3) is 5.64. The summed E-state index contributed by atoms with van der Waals surface area (Å²) in [5.74, 6) is 0. The van der Waals surface area contributed by atoms with Gasteiger partial charge in [-0.1, -0.05) is 20.8 Å². The van der Waals surface area contributed by atoms with Crippen molar-refractivity contribution in [3.63, 3.8) is 0 Å². The molecule has 0 radical (unpaired) electrons. The van der Waals surface area contributed by atoms with Crippen molar-refractivity contribution in [3.8, 4) is 0 Å². The Bertz CT molecular complexity index is 324. The van der Waals surface area contributed by atoms with Crippen molar-refractivity contribution in [3.05, 3.63) is 0 Å². The summed E-state index contributed by atoms with van der Waals surface area (Å²) in [5, 5.41) is 2.05. The lowest BCUT2D eigenvalue weighted by molar-refractivity contribution is -0.237. The van der Waals surface area contributed by atoms with E-state index in [2.05, 4.69) is 60.5 Å². The quantitative estimate of drug-likeness (QED) is 0.500. The Morgan fingerprint density at radius 1 is 0.810 bits per heavy atom. The van der Waals surface area contributed by atoms with E-state index in [9.17, 15) is 0 Å². The second-order valence-electron chi connectivity index (χ2n) is 7.76. The van der Waals surface area contributed by atoms with E-state index in [1.165, 1.54) is 0 Å². The Kier molecular flexibility index (Phi) is 6.99. The van der Waals surface area contributed by atoms with Crippen molar-refractivity contribution in [2.75, 3.05) is 0 Å². The van der Waals surface area contributed by atoms with Crippen molar-refractivity contribution in [1.82, 2.24) is 5.06 Å². The lowest BCUT2D eigenvalue weighted by Gasteiger charge is -2.52. The smallest absolute Gasteiger partial charge is 0.425 e. The number of hydroxylamine groups is 2. The van der Waals surface area contributed by atoms with E-state index in [0.29, 0.717) is 0 Å². The molecule has 0 spiro atoms. The zero-order valence-corrected chi connectivity index (χ0v) is 20.1. The molecule has 0 saturated carbocycles. The molecule has 0 amide bonds. The fourth-order valence-electron chi connectivity index (χ4n) is 1.96. The fourth-order valence-corrected chi connectivity index (χ4v) is 9.92. The van der Waals surface area contributed by atoms with E-state index in [1.807, 2.05) is 0 Å². The highest BCUT2D eigenvalue weighted by molar-refractivity contribution is 6.56. The zero-order valence-electron chi connectivity index (χ0n) is 14.7. The molecule has 0 N–H and O–H groups in total. The predicted molar refractivity (Wildman–Crippen MR) is 93.3 cm³/mol. The van der Waals surface area contributed by atoms with Crippen LogP contribution in [0, 0.1) is 5.41 Å². The first-order valence-corrected chi connectivity index (χ1v) is 12.2. The van der Waals surface area contributed by atoms with Crippen LogP contribution >= 0.6 is 0 Å². The average molecular weight is 370 g/mol. The molecule has 0 bridgehead atoms. The third-order valence-electron chi connectivity index (χ3n) is 3.89. The van der Waals surface area contributed by atoms with E-state index in [-0.39, 0.29) is 16.5 Å². The van der Waals surface area contributed by atoms with Crippen molar-refractivity contribution in [2.45, 2.75) is 66.5 Å². The maximum atomic E-state index is 6.24. The maximum Gasteiger partial charge on any atom is 0.482 e. The van der Waals surface area contributed by atoms with E-state index in [0.717, 1.165) is 0 Å². The molecule has 1 rings (SSSR count). The summed E-state index contributed by atoms with van der Waals surface area (Å²) in [6.45, 7) is 17.5. The highest BCUT2D eigenvalue weighted by Gasteiger charge is 2.46. The fraction of sp³-hybridized carbons (Fsp3) is 1.00. The number of rotatable bonds is 3. The summed E-state index contributed by atoms with van der Waals surface area (Å²) < 4.78 is 28.7. The molecule has 0 aromatic carbocycles. The molecule has 1 aliphatic heterocycles. The van der Waals surface area contributed by atoms with Gasteiger partial charge in [0.15, 0.2) is 0 Å². The van der Waals surface area contributed by atoms with Gasteiger partial charge in [0.05, 0.1) is 0 Å². The van der Waals surface area contributed by atoms with Crippen LogP contribution in [0.2, 0.25) is 0 Å². The number of hydrogen-bond acceptors (Lipinski definition) is 6. The molecule has 10 heteroatoms. The number of hydrogen-bond donors (Lipinski definition) is 0. The topological polar surface area (TPSA) is 49.4 Å². The van der Waals surface area contributed by atoms with Gasteiger partial charge in [-0.2, -0.15) is 5.06 Å². The largest absolute Gasteiger partial charge is 0.482 e. The Hall–Kier alpha value is 0.628. The van der Waals surface area contributed by atoms with Gasteiger partial charge in [0.2, 0.25) is 0 Å². The molecule has 0 aliphatic carbocycles. The molecule has 1 aliphatic rings. The van der Waals surface area contributed by atoms with Gasteiger partial charge in [0.25, 0.3) is 30.0 Å². The average Bonchev–Trinajstić information content (AvgIpc) is 2.23. The lowest BCUT2D eigenvalue weighted by Crippen LogP contribution is -2.62. The van der Waals surface area contributed by atoms with E-state index >= 15 is 0 Å². The normalized spacial score (nSPS) is 26.4. The van der Waals surface area contributed by atoms with Crippen LogP contribution in [0.4, 0.5) is 0 Å². The van der Waals surface area contributed by atoms with Gasteiger partial charge in [0.1, 0.15) is 0 Å². The molecule has 1 fully saturated rings. The van der Waals surface area contributed by atoms with E-state index in [4.69, 9.17) is 21.0 Å². The summed E-state index contributed by atoms with van der Waals surface area (Å²) >= 11 is 0. The van der Waals surface area contributed by atoms with Gasteiger partial charge >= 0.3 is 9.53 Å². The summed E-state index contributed by atoms with van der Waals surface area (Å²) in [5.41, 5.74) is -0.281. The molecule has 0 unspecified atom stereocenters. The van der Waals surface area contributed by atoms with Crippen LogP contribution < -0.4 is 0 Å². The van der Waals surface area contributed by atoms with Gasteiger partial charge in [-0.05, 0) is 40.0 Å². The molecule has 1 saturated heterocycles. The predicted octanol–water partition coefficient (Wildman–Crippen LogP) is -0.363. The first-order valence-electron chi connectivity index (χ1n) is 7.32. The first-order chi connectivity index (χ1) is 9.46. The van der Waals surface area contributed by atoms with Crippen molar-refractivity contribution < 1.29 is 21.0 Å². The molecular weight excluding hydrogens is 338 g/mol. The van der Waals surface area contributed by atoms with Crippen LogP contribution in [0.3, 0.4) is 0 Å². The minimum atomic E-state index is -2.21. The number of nitrogens with zero attached hydrogens (tertiary/aromatic N) is 1. The van der Waals surface area contributed by atoms with Crippen molar-refractivity contribution >= 4 is 39.5 Å². The van der Waals surface area contributed by atoms with Crippen LogP contribution in [0.15, 0.2) is 0 Å². The Labute approximate surface area is 137 Å². The molecule has 0 aromatic heterocycles. The minimum absolute atomic E-state index is 0.0467. The zero-order chi connectivity index (χ0) is 16.3. The van der Waals surface area contributed by atoms with Gasteiger partial charge in [0, 0.05) is 11.1 Å². The van der Waals surface area contributed by atoms with Gasteiger partial charge in [-0.25, -0.2) is 0 Å². The SMILES string of the molecule is CC(C)(C)N(O[SiH]1O[SiH2]O[SiH2]O[SiH2]O1)C(C)(C)C(C)(C)C. The molecule has 6 nitrogen and oxygen atoms in total. The highest BCUT2D eigenvalue weighted by atomic mass is 28.4. The first kappa shape index (κ1) is 19.7. The molecule has 1 heterocycles. The standard InChI is InChI=1S/C11H31NO5Si4/c1-9(2,3)11(7,8)12(10(4,5)6)13-21-16-19-14-18-15-20-17-21/h21H,18-20H2,1-8H3. The van der Waals surface area contributed by atoms with Crippen LogP contribution in [0.5, 0.6) is 0 Å². The molecular formula is C11H31NO5Si4. The van der Waals surface area contributed by atoms with Crippen LogP contribution in [-0.2, 0) is 21.0 Å². The van der Waals surface area contributed by atoms with Gasteiger partial charge < -0.3 is 16.5 Å². The van der Waals surface area contributed by atoms with Crippen LogP contribution in [-0.4, -0.2) is 55.7 Å². The second kappa shape index (κ2) is 7.46. The molecule has 0 atom stereocenters. The molecule has 0 aromatic rings. The summed E-state index contributed by atoms with van der Waals surface area (Å²) in [7, 11) is -5.09. The van der Waals surface area contributed by atoms with Crippen LogP contribution in [0.1, 0.15) is 55.4 Å². The van der Waals surface area contributed by atoms with Crippen molar-refractivity contribution in [2.24, 2.45) is 5.41 Å². The maximum absolute atomic E-state index is 6.24. The van der Waals surface area contributed by atoms with Crippen molar-refractivity contribution in [1.29, 1.82) is 0 Å². The lowest BCUT2D eigenvalue weighted by atomic mass is 9.74. The minimum Gasteiger partial charge on any atom is -0.425 e. The van der Waals surface area contributed by atoms with Gasteiger partial charge in [-0.3, -0.25) is 4.53 Å². The molecule has 21 heavy (non-hydrogen) atoms. The van der Waals surface area contributed by atoms with E-state index < -0.39 is 39.5 Å². The summed E-state index contributed by atoms with van der Waals surface area (Å²) in [6, 6.07) is 0. The Morgan fingerprint density at radius 3 is 1.67 bits per heavy atom.